The summed E-state index contributed by atoms with van der Waals surface area (Å²) in [6.45, 7) is 1.24. The van der Waals surface area contributed by atoms with E-state index in [9.17, 15) is 0 Å². The van der Waals surface area contributed by atoms with Crippen LogP contribution in [0, 0.1) is 0 Å². The standard InChI is InChI=1S/C36H30N8O2S2/c1-3-9-27(10-4-1)33-37-39-35-43(33)41-31(23-47-35)25-13-17-29(18-14-25)45-21-7-8-22-46-30-19-15-26(16-20-30)32-24-48-36-40-38-34(44(36)42-32)28-11-5-2-6-12-28/h1-6,9-20H,7-8,21-24H2. The Balaban J connectivity index is 0.803. The fraction of sp³-hybridized carbons (Fsp3) is 0.167. The molecule has 0 bridgehead atoms. The lowest BCUT2D eigenvalue weighted by atomic mass is 10.1. The van der Waals surface area contributed by atoms with E-state index in [-0.39, 0.29) is 0 Å². The summed E-state index contributed by atoms with van der Waals surface area (Å²) in [5.41, 5.74) is 6.06. The van der Waals surface area contributed by atoms with Crippen molar-refractivity contribution in [3.63, 3.8) is 0 Å². The molecule has 238 valence electrons. The maximum Gasteiger partial charge on any atom is 0.212 e. The molecule has 2 aliphatic heterocycles. The van der Waals surface area contributed by atoms with Crippen molar-refractivity contribution in [3.8, 4) is 34.3 Å². The van der Waals surface area contributed by atoms with Gasteiger partial charge in [0.1, 0.15) is 11.5 Å². The number of nitrogens with zero attached hydrogens (tertiary/aromatic N) is 8. The third-order valence-corrected chi connectivity index (χ3v) is 9.72. The first-order valence-corrected chi connectivity index (χ1v) is 17.6. The Morgan fingerprint density at radius 2 is 0.896 bits per heavy atom. The first-order chi connectivity index (χ1) is 23.8. The molecule has 0 radical (unpaired) electrons. The summed E-state index contributed by atoms with van der Waals surface area (Å²) < 4.78 is 15.7. The van der Waals surface area contributed by atoms with Crippen molar-refractivity contribution in [2.24, 2.45) is 10.2 Å². The number of hydrogen-bond acceptors (Lipinski definition) is 10. The molecule has 4 aromatic carbocycles. The van der Waals surface area contributed by atoms with Crippen LogP contribution in [0.3, 0.4) is 0 Å². The number of benzene rings is 4. The largest absolute Gasteiger partial charge is 0.494 e. The lowest BCUT2D eigenvalue weighted by Gasteiger charge is -2.14. The van der Waals surface area contributed by atoms with Gasteiger partial charge in [0, 0.05) is 22.6 Å². The molecule has 12 heteroatoms. The number of unbranched alkanes of at least 4 members (excludes halogenated alkanes) is 1. The second-order valence-electron chi connectivity index (χ2n) is 11.1. The third-order valence-electron chi connectivity index (χ3n) is 7.86. The number of hydrogen-bond donors (Lipinski definition) is 0. The smallest absolute Gasteiger partial charge is 0.212 e. The van der Waals surface area contributed by atoms with Gasteiger partial charge in [-0.3, -0.25) is 0 Å². The summed E-state index contributed by atoms with van der Waals surface area (Å²) >= 11 is 3.28. The SMILES string of the molecule is c1ccc(-c2nnc3n2N=C(c2ccc(OCCCCOc4ccc(C5=Nn6c(nnc6-c6ccccc6)SC5)cc4)cc2)CS3)cc1. The molecular weight excluding hydrogens is 641 g/mol. The summed E-state index contributed by atoms with van der Waals surface area (Å²) in [4.78, 5) is 0. The molecule has 0 saturated heterocycles. The van der Waals surface area contributed by atoms with Crippen molar-refractivity contribution in [1.82, 2.24) is 29.7 Å². The molecule has 0 N–H and O–H groups in total. The van der Waals surface area contributed by atoms with Gasteiger partial charge in [0.2, 0.25) is 10.3 Å². The first-order valence-electron chi connectivity index (χ1n) is 15.7. The number of ether oxygens (including phenoxy) is 2. The van der Waals surface area contributed by atoms with Gasteiger partial charge in [-0.15, -0.1) is 20.4 Å². The Labute approximate surface area is 285 Å². The number of rotatable bonds is 11. The van der Waals surface area contributed by atoms with Crippen LogP contribution in [-0.4, -0.2) is 65.9 Å². The zero-order chi connectivity index (χ0) is 32.1. The van der Waals surface area contributed by atoms with Crippen LogP contribution in [0.25, 0.3) is 22.8 Å². The molecule has 10 nitrogen and oxygen atoms in total. The predicted molar refractivity (Wildman–Crippen MR) is 189 cm³/mol. The van der Waals surface area contributed by atoms with Crippen molar-refractivity contribution < 1.29 is 9.47 Å². The fourth-order valence-electron chi connectivity index (χ4n) is 5.34. The number of fused-ring (bicyclic) bond motifs is 2. The molecule has 0 amide bonds. The van der Waals surface area contributed by atoms with Crippen LogP contribution < -0.4 is 9.47 Å². The highest BCUT2D eigenvalue weighted by atomic mass is 32.2. The van der Waals surface area contributed by atoms with Crippen LogP contribution in [0.1, 0.15) is 24.0 Å². The maximum absolute atomic E-state index is 6.01. The van der Waals surface area contributed by atoms with E-state index < -0.39 is 0 Å². The van der Waals surface area contributed by atoms with Crippen LogP contribution in [-0.2, 0) is 0 Å². The van der Waals surface area contributed by atoms with Crippen LogP contribution in [0.5, 0.6) is 11.5 Å². The second kappa shape index (κ2) is 13.9. The number of thioether (sulfide) groups is 2. The summed E-state index contributed by atoms with van der Waals surface area (Å²) in [6.07, 6.45) is 1.78. The van der Waals surface area contributed by atoms with Crippen molar-refractivity contribution in [1.29, 1.82) is 0 Å². The van der Waals surface area contributed by atoms with Gasteiger partial charge >= 0.3 is 0 Å². The highest BCUT2D eigenvalue weighted by molar-refractivity contribution is 8.00. The Morgan fingerprint density at radius 1 is 0.479 bits per heavy atom. The monoisotopic (exact) mass is 670 g/mol. The van der Waals surface area contributed by atoms with Crippen LogP contribution in [0.2, 0.25) is 0 Å². The zero-order valence-electron chi connectivity index (χ0n) is 25.8. The fourth-order valence-corrected chi connectivity index (χ4v) is 7.02. The van der Waals surface area contributed by atoms with Crippen LogP contribution in [0.15, 0.2) is 130 Å². The van der Waals surface area contributed by atoms with E-state index >= 15 is 0 Å². The van der Waals surface area contributed by atoms with E-state index in [0.29, 0.717) is 13.2 Å². The lowest BCUT2D eigenvalue weighted by Crippen LogP contribution is -2.13. The Morgan fingerprint density at radius 3 is 1.31 bits per heavy atom. The van der Waals surface area contributed by atoms with E-state index in [1.165, 1.54) is 0 Å². The minimum atomic E-state index is 0.622. The van der Waals surface area contributed by atoms with Gasteiger partial charge in [-0.1, -0.05) is 84.2 Å². The van der Waals surface area contributed by atoms with Crippen LogP contribution in [0.4, 0.5) is 0 Å². The van der Waals surface area contributed by atoms with E-state index in [2.05, 4.69) is 44.7 Å². The van der Waals surface area contributed by atoms with E-state index in [1.807, 2.05) is 94.3 Å². The normalized spacial score (nSPS) is 13.7. The summed E-state index contributed by atoms with van der Waals surface area (Å²) in [5.74, 6) is 4.65. The molecule has 6 aromatic rings. The maximum atomic E-state index is 6.01. The Kier molecular flexibility index (Phi) is 8.72. The zero-order valence-corrected chi connectivity index (χ0v) is 27.5. The predicted octanol–water partition coefficient (Wildman–Crippen LogP) is 7.16. The van der Waals surface area contributed by atoms with Crippen LogP contribution >= 0.6 is 23.5 Å². The van der Waals surface area contributed by atoms with Gasteiger partial charge in [-0.2, -0.15) is 19.6 Å². The number of aromatic nitrogens is 6. The van der Waals surface area contributed by atoms with Crippen molar-refractivity contribution >= 4 is 34.9 Å². The Hall–Kier alpha value is -5.20. The molecule has 0 spiro atoms. The summed E-state index contributed by atoms with van der Waals surface area (Å²) in [6, 6.07) is 36.3. The van der Waals surface area contributed by atoms with E-state index in [4.69, 9.17) is 19.7 Å². The average molecular weight is 671 g/mol. The molecule has 2 aliphatic rings. The van der Waals surface area contributed by atoms with Gasteiger partial charge in [0.25, 0.3) is 0 Å². The van der Waals surface area contributed by atoms with Gasteiger partial charge in [0.05, 0.1) is 24.6 Å². The average Bonchev–Trinajstić information content (AvgIpc) is 3.78. The van der Waals surface area contributed by atoms with Gasteiger partial charge < -0.3 is 9.47 Å². The first kappa shape index (κ1) is 30.2. The minimum Gasteiger partial charge on any atom is -0.494 e. The summed E-state index contributed by atoms with van der Waals surface area (Å²) in [7, 11) is 0. The van der Waals surface area contributed by atoms with E-state index in [0.717, 1.165) is 91.5 Å². The van der Waals surface area contributed by atoms with Gasteiger partial charge in [-0.25, -0.2) is 0 Å². The molecule has 4 heterocycles. The van der Waals surface area contributed by atoms with Crippen molar-refractivity contribution in [2.45, 2.75) is 23.2 Å². The molecule has 0 atom stereocenters. The molecule has 0 aliphatic carbocycles. The van der Waals surface area contributed by atoms with Gasteiger partial charge in [-0.05, 0) is 72.5 Å². The quantitative estimate of drug-likeness (QED) is 0.134. The highest BCUT2D eigenvalue weighted by Crippen LogP contribution is 2.30. The molecular formula is C36H30N8O2S2. The molecule has 0 unspecified atom stereocenters. The molecule has 0 saturated carbocycles. The molecule has 8 rings (SSSR count). The lowest BCUT2D eigenvalue weighted by molar-refractivity contribution is 0.266. The summed E-state index contributed by atoms with van der Waals surface area (Å²) in [5, 5.41) is 28.7. The molecule has 48 heavy (non-hydrogen) atoms. The van der Waals surface area contributed by atoms with Crippen molar-refractivity contribution in [2.75, 3.05) is 24.7 Å². The van der Waals surface area contributed by atoms with Crippen molar-refractivity contribution in [3.05, 3.63) is 120 Å². The Bertz CT molecular complexity index is 1930. The third kappa shape index (κ3) is 6.49. The minimum absolute atomic E-state index is 0.622. The highest BCUT2D eigenvalue weighted by Gasteiger charge is 2.22. The van der Waals surface area contributed by atoms with Gasteiger partial charge in [0.15, 0.2) is 11.6 Å². The second-order valence-corrected chi connectivity index (χ2v) is 13.0. The topological polar surface area (TPSA) is 105 Å². The van der Waals surface area contributed by atoms with E-state index in [1.54, 1.807) is 23.5 Å². The molecule has 0 fully saturated rings. The molecule has 2 aromatic heterocycles.